The molecule has 2 rings (SSSR count). The molecular formula is C15H17NO. The summed E-state index contributed by atoms with van der Waals surface area (Å²) in [5.41, 5.74) is 1.95. The van der Waals surface area contributed by atoms with Gasteiger partial charge in [0.2, 0.25) is 0 Å². The van der Waals surface area contributed by atoms with E-state index in [1.54, 1.807) is 0 Å². The van der Waals surface area contributed by atoms with Gasteiger partial charge in [0.05, 0.1) is 11.7 Å². The van der Waals surface area contributed by atoms with Gasteiger partial charge in [-0.15, -0.1) is 0 Å². The van der Waals surface area contributed by atoms with Crippen LogP contribution in [-0.4, -0.2) is 5.21 Å². The number of benzene rings is 2. The van der Waals surface area contributed by atoms with Gasteiger partial charge < -0.3 is 0 Å². The van der Waals surface area contributed by atoms with E-state index in [9.17, 15) is 5.21 Å². The highest BCUT2D eigenvalue weighted by molar-refractivity contribution is 5.45. The second-order valence-corrected chi connectivity index (χ2v) is 4.01. The van der Waals surface area contributed by atoms with Crippen molar-refractivity contribution in [2.24, 2.45) is 0 Å². The van der Waals surface area contributed by atoms with E-state index in [2.05, 4.69) is 6.92 Å². The van der Waals surface area contributed by atoms with Crippen molar-refractivity contribution in [2.75, 3.05) is 5.06 Å². The molecule has 0 bridgehead atoms. The van der Waals surface area contributed by atoms with Crippen LogP contribution in [0.1, 0.15) is 24.9 Å². The molecule has 2 heteroatoms. The summed E-state index contributed by atoms with van der Waals surface area (Å²) in [5, 5.41) is 11.6. The SMILES string of the molecule is CCC(c1ccccc1)N(O)c1ccccc1. The minimum atomic E-state index is -0.00130. The number of rotatable bonds is 4. The summed E-state index contributed by atoms with van der Waals surface area (Å²) >= 11 is 0. The summed E-state index contributed by atoms with van der Waals surface area (Å²) in [4.78, 5) is 0. The van der Waals surface area contributed by atoms with E-state index in [1.165, 1.54) is 5.06 Å². The molecule has 88 valence electrons. The monoisotopic (exact) mass is 227 g/mol. The molecule has 17 heavy (non-hydrogen) atoms. The van der Waals surface area contributed by atoms with Gasteiger partial charge >= 0.3 is 0 Å². The fraction of sp³-hybridized carbons (Fsp3) is 0.200. The second kappa shape index (κ2) is 5.51. The first kappa shape index (κ1) is 11.7. The predicted molar refractivity (Wildman–Crippen MR) is 70.2 cm³/mol. The maximum absolute atomic E-state index is 10.3. The highest BCUT2D eigenvalue weighted by Gasteiger charge is 2.16. The summed E-state index contributed by atoms with van der Waals surface area (Å²) in [7, 11) is 0. The first-order valence-corrected chi connectivity index (χ1v) is 5.91. The van der Waals surface area contributed by atoms with Crippen LogP contribution < -0.4 is 5.06 Å². The molecule has 0 aliphatic carbocycles. The molecule has 0 aliphatic heterocycles. The zero-order valence-corrected chi connectivity index (χ0v) is 9.95. The van der Waals surface area contributed by atoms with E-state index in [0.29, 0.717) is 0 Å². The molecular weight excluding hydrogens is 210 g/mol. The van der Waals surface area contributed by atoms with Crippen molar-refractivity contribution < 1.29 is 5.21 Å². The molecule has 2 aromatic carbocycles. The van der Waals surface area contributed by atoms with Crippen molar-refractivity contribution in [3.63, 3.8) is 0 Å². The summed E-state index contributed by atoms with van der Waals surface area (Å²) in [5.74, 6) is 0. The van der Waals surface area contributed by atoms with E-state index in [4.69, 9.17) is 0 Å². The van der Waals surface area contributed by atoms with Crippen LogP contribution in [0, 0.1) is 0 Å². The van der Waals surface area contributed by atoms with Gasteiger partial charge in [-0.1, -0.05) is 55.5 Å². The zero-order valence-electron chi connectivity index (χ0n) is 9.95. The van der Waals surface area contributed by atoms with Gasteiger partial charge in [0.1, 0.15) is 0 Å². The molecule has 0 saturated carbocycles. The lowest BCUT2D eigenvalue weighted by Crippen LogP contribution is -2.24. The van der Waals surface area contributed by atoms with Gasteiger partial charge in [-0.05, 0) is 24.1 Å². The van der Waals surface area contributed by atoms with Gasteiger partial charge in [-0.2, -0.15) is 0 Å². The molecule has 0 fully saturated rings. The fourth-order valence-electron chi connectivity index (χ4n) is 1.99. The number of hydrogen-bond acceptors (Lipinski definition) is 2. The second-order valence-electron chi connectivity index (χ2n) is 4.01. The van der Waals surface area contributed by atoms with Crippen LogP contribution in [0.25, 0.3) is 0 Å². The van der Waals surface area contributed by atoms with E-state index < -0.39 is 0 Å². The van der Waals surface area contributed by atoms with E-state index in [-0.39, 0.29) is 6.04 Å². The Kier molecular flexibility index (Phi) is 3.78. The molecule has 2 nitrogen and oxygen atoms in total. The first-order chi connectivity index (χ1) is 8.33. The third-order valence-electron chi connectivity index (χ3n) is 2.89. The maximum Gasteiger partial charge on any atom is 0.0810 e. The van der Waals surface area contributed by atoms with Crippen LogP contribution in [0.5, 0.6) is 0 Å². The highest BCUT2D eigenvalue weighted by atomic mass is 16.5. The number of nitrogens with zero attached hydrogens (tertiary/aromatic N) is 1. The summed E-state index contributed by atoms with van der Waals surface area (Å²) < 4.78 is 0. The van der Waals surface area contributed by atoms with Crippen LogP contribution in [0.3, 0.4) is 0 Å². The van der Waals surface area contributed by atoms with Crippen molar-refractivity contribution in [1.82, 2.24) is 0 Å². The van der Waals surface area contributed by atoms with Crippen LogP contribution in [0.15, 0.2) is 60.7 Å². The third-order valence-corrected chi connectivity index (χ3v) is 2.89. The average molecular weight is 227 g/mol. The zero-order chi connectivity index (χ0) is 12.1. The molecule has 1 unspecified atom stereocenters. The van der Waals surface area contributed by atoms with Gasteiger partial charge in [0.15, 0.2) is 0 Å². The Morgan fingerprint density at radius 3 is 2.00 bits per heavy atom. The van der Waals surface area contributed by atoms with Gasteiger partial charge in [0.25, 0.3) is 0 Å². The standard InChI is InChI=1S/C15H17NO/c1-2-15(13-9-5-3-6-10-13)16(17)14-11-7-4-8-12-14/h3-12,15,17H,2H2,1H3. The van der Waals surface area contributed by atoms with E-state index >= 15 is 0 Å². The molecule has 0 aromatic heterocycles. The molecule has 1 atom stereocenters. The Hall–Kier alpha value is -1.80. The molecule has 0 aliphatic rings. The summed E-state index contributed by atoms with van der Waals surface area (Å²) in [6, 6.07) is 19.7. The van der Waals surface area contributed by atoms with E-state index in [1.807, 2.05) is 60.7 Å². The fourth-order valence-corrected chi connectivity index (χ4v) is 1.99. The number of hydrogen-bond donors (Lipinski definition) is 1. The third kappa shape index (κ3) is 2.66. The van der Waals surface area contributed by atoms with Crippen LogP contribution in [0.2, 0.25) is 0 Å². The van der Waals surface area contributed by atoms with Crippen molar-refractivity contribution in [2.45, 2.75) is 19.4 Å². The van der Waals surface area contributed by atoms with Crippen LogP contribution in [0.4, 0.5) is 5.69 Å². The minimum absolute atomic E-state index is 0.00130. The lowest BCUT2D eigenvalue weighted by molar-refractivity contribution is 0.213. The van der Waals surface area contributed by atoms with Crippen LogP contribution in [-0.2, 0) is 0 Å². The smallest absolute Gasteiger partial charge is 0.0810 e. The van der Waals surface area contributed by atoms with Gasteiger partial charge in [0, 0.05) is 0 Å². The molecule has 0 spiro atoms. The number of para-hydroxylation sites is 1. The Morgan fingerprint density at radius 2 is 1.47 bits per heavy atom. The molecule has 1 N–H and O–H groups in total. The number of anilines is 1. The molecule has 0 saturated heterocycles. The van der Waals surface area contributed by atoms with Crippen LogP contribution >= 0.6 is 0 Å². The molecule has 0 heterocycles. The largest absolute Gasteiger partial charge is 0.288 e. The highest BCUT2D eigenvalue weighted by Crippen LogP contribution is 2.27. The quantitative estimate of drug-likeness (QED) is 0.797. The maximum atomic E-state index is 10.3. The molecule has 2 aromatic rings. The topological polar surface area (TPSA) is 23.5 Å². The Bertz CT molecular complexity index is 441. The van der Waals surface area contributed by atoms with Crippen molar-refractivity contribution in [1.29, 1.82) is 0 Å². The summed E-state index contributed by atoms with van der Waals surface area (Å²) in [6.07, 6.45) is 0.857. The Morgan fingerprint density at radius 1 is 0.941 bits per heavy atom. The Labute approximate surface area is 102 Å². The first-order valence-electron chi connectivity index (χ1n) is 5.91. The van der Waals surface area contributed by atoms with Crippen molar-refractivity contribution in [3.05, 3.63) is 66.2 Å². The lowest BCUT2D eigenvalue weighted by Gasteiger charge is -2.27. The number of hydroxylamine groups is 1. The van der Waals surface area contributed by atoms with E-state index in [0.717, 1.165) is 17.7 Å². The van der Waals surface area contributed by atoms with Crippen molar-refractivity contribution in [3.8, 4) is 0 Å². The summed E-state index contributed by atoms with van der Waals surface area (Å²) in [6.45, 7) is 2.07. The average Bonchev–Trinajstić information content (AvgIpc) is 2.42. The van der Waals surface area contributed by atoms with Gasteiger partial charge in [-0.3, -0.25) is 5.21 Å². The Balaban J connectivity index is 2.25. The molecule has 0 amide bonds. The normalized spacial score (nSPS) is 12.1. The minimum Gasteiger partial charge on any atom is -0.288 e. The molecule has 0 radical (unpaired) electrons. The van der Waals surface area contributed by atoms with Gasteiger partial charge in [-0.25, -0.2) is 5.06 Å². The lowest BCUT2D eigenvalue weighted by atomic mass is 10.0. The van der Waals surface area contributed by atoms with Crippen molar-refractivity contribution >= 4 is 5.69 Å². The predicted octanol–water partition coefficient (Wildman–Crippen LogP) is 4.03.